The predicted octanol–water partition coefficient (Wildman–Crippen LogP) is 3.95. The maximum Gasteiger partial charge on any atom is 0.263 e. The van der Waals surface area contributed by atoms with E-state index in [1.54, 1.807) is 28.5 Å². The van der Waals surface area contributed by atoms with Crippen LogP contribution in [-0.4, -0.2) is 39.1 Å². The monoisotopic (exact) mass is 556 g/mol. The van der Waals surface area contributed by atoms with Crippen molar-refractivity contribution in [3.63, 3.8) is 0 Å². The molecule has 1 aliphatic heterocycles. The molecular formula is C30H32N6O3S. The van der Waals surface area contributed by atoms with E-state index in [2.05, 4.69) is 32.7 Å². The van der Waals surface area contributed by atoms with Crippen molar-refractivity contribution in [2.24, 2.45) is 11.7 Å². The number of hydrogen-bond acceptors (Lipinski definition) is 8. The van der Waals surface area contributed by atoms with Crippen LogP contribution < -0.4 is 26.7 Å². The van der Waals surface area contributed by atoms with Crippen molar-refractivity contribution >= 4 is 34.5 Å². The van der Waals surface area contributed by atoms with E-state index in [1.807, 2.05) is 42.6 Å². The maximum atomic E-state index is 12.9. The lowest BCUT2D eigenvalue weighted by Crippen LogP contribution is -2.42. The standard InChI is InChI=1S/C30H32N6O3S/c31-24(17-36-26-14-23(40-22-4-2-1-3-5-22)16-33-25(26)11-13-29(36)38)19-6-8-20(9-7-19)32-15-21-10-12-27-30(34-21)35-28(37)18-39-27/h1-5,10-14,16,19-20,24,32H,6-9,15,17-18,31H2,(H,34,35,37). The first-order chi connectivity index (χ1) is 19.5. The van der Waals surface area contributed by atoms with Crippen LogP contribution in [-0.2, 0) is 17.9 Å². The van der Waals surface area contributed by atoms with Gasteiger partial charge in [-0.15, -0.1) is 0 Å². The predicted molar refractivity (Wildman–Crippen MR) is 155 cm³/mol. The number of pyridine rings is 3. The molecule has 0 radical (unpaired) electrons. The van der Waals surface area contributed by atoms with Crippen molar-refractivity contribution in [2.45, 2.75) is 60.6 Å². The van der Waals surface area contributed by atoms with Crippen molar-refractivity contribution in [1.29, 1.82) is 0 Å². The number of nitrogens with two attached hydrogens (primary N) is 1. The van der Waals surface area contributed by atoms with Crippen LogP contribution in [0.3, 0.4) is 0 Å². The Morgan fingerprint density at radius 2 is 1.88 bits per heavy atom. The molecule has 1 saturated carbocycles. The third-order valence-electron chi connectivity index (χ3n) is 7.67. The summed E-state index contributed by atoms with van der Waals surface area (Å²) in [7, 11) is 0. The maximum absolute atomic E-state index is 12.9. The molecule has 4 N–H and O–H groups in total. The van der Waals surface area contributed by atoms with Crippen LogP contribution in [0, 0.1) is 5.92 Å². The molecule has 1 aromatic carbocycles. The van der Waals surface area contributed by atoms with E-state index in [1.165, 1.54) is 0 Å². The van der Waals surface area contributed by atoms with Crippen molar-refractivity contribution < 1.29 is 9.53 Å². The van der Waals surface area contributed by atoms with Gasteiger partial charge < -0.3 is 25.7 Å². The van der Waals surface area contributed by atoms with E-state index < -0.39 is 0 Å². The van der Waals surface area contributed by atoms with Gasteiger partial charge in [0.05, 0.1) is 16.7 Å². The van der Waals surface area contributed by atoms with Gasteiger partial charge in [0.15, 0.2) is 18.2 Å². The highest BCUT2D eigenvalue weighted by molar-refractivity contribution is 7.99. The number of benzene rings is 1. The normalized spacial score (nSPS) is 19.5. The number of fused-ring (bicyclic) bond motifs is 2. The Labute approximate surface area is 236 Å². The molecule has 3 aromatic heterocycles. The molecular weight excluding hydrogens is 524 g/mol. The smallest absolute Gasteiger partial charge is 0.263 e. The highest BCUT2D eigenvalue weighted by Crippen LogP contribution is 2.30. The van der Waals surface area contributed by atoms with Gasteiger partial charge in [-0.3, -0.25) is 14.6 Å². The number of nitrogens with zero attached hydrogens (tertiary/aromatic N) is 3. The molecule has 40 heavy (non-hydrogen) atoms. The topological polar surface area (TPSA) is 124 Å². The summed E-state index contributed by atoms with van der Waals surface area (Å²) in [5.41, 5.74) is 9.14. The summed E-state index contributed by atoms with van der Waals surface area (Å²) < 4.78 is 7.18. The quantitative estimate of drug-likeness (QED) is 0.298. The van der Waals surface area contributed by atoms with Crippen molar-refractivity contribution in [3.8, 4) is 5.75 Å². The molecule has 4 aromatic rings. The van der Waals surface area contributed by atoms with Crippen molar-refractivity contribution in [3.05, 3.63) is 82.9 Å². The van der Waals surface area contributed by atoms with Gasteiger partial charge in [-0.1, -0.05) is 30.0 Å². The average molecular weight is 557 g/mol. The van der Waals surface area contributed by atoms with Crippen molar-refractivity contribution in [1.82, 2.24) is 19.9 Å². The second-order valence-corrected chi connectivity index (χ2v) is 11.6. The molecule has 1 amide bonds. The largest absolute Gasteiger partial charge is 0.480 e. The SMILES string of the molecule is NC(Cn1c(=O)ccc2ncc(Sc3ccccc3)cc21)C1CCC(NCc2ccc3c(n2)NC(=O)CO3)CC1. The molecule has 1 unspecified atom stereocenters. The lowest BCUT2D eigenvalue weighted by atomic mass is 9.81. The second-order valence-electron chi connectivity index (χ2n) is 10.4. The minimum atomic E-state index is -0.187. The number of carbonyl (C=O) groups excluding carboxylic acids is 1. The number of aromatic nitrogens is 3. The van der Waals surface area contributed by atoms with E-state index in [9.17, 15) is 9.59 Å². The van der Waals surface area contributed by atoms with Crippen LogP contribution in [0.1, 0.15) is 31.4 Å². The summed E-state index contributed by atoms with van der Waals surface area (Å²) in [4.78, 5) is 35.8. The first kappa shape index (κ1) is 26.5. The zero-order valence-corrected chi connectivity index (χ0v) is 22.9. The summed E-state index contributed by atoms with van der Waals surface area (Å²) in [5.74, 6) is 1.23. The van der Waals surface area contributed by atoms with Crippen LogP contribution in [0.5, 0.6) is 5.75 Å². The Morgan fingerprint density at radius 3 is 2.70 bits per heavy atom. The Hall–Kier alpha value is -3.73. The number of nitrogens with one attached hydrogen (secondary N) is 2. The molecule has 10 heteroatoms. The molecule has 4 heterocycles. The van der Waals surface area contributed by atoms with Gasteiger partial charge in [0.1, 0.15) is 0 Å². The van der Waals surface area contributed by atoms with Crippen LogP contribution in [0.15, 0.2) is 81.4 Å². The molecule has 206 valence electrons. The molecule has 0 bridgehead atoms. The third kappa shape index (κ3) is 6.04. The van der Waals surface area contributed by atoms with E-state index in [0.717, 1.165) is 52.2 Å². The molecule has 0 saturated heterocycles. The Kier molecular flexibility index (Phi) is 7.81. The van der Waals surface area contributed by atoms with Gasteiger partial charge in [-0.2, -0.15) is 0 Å². The number of carbonyl (C=O) groups is 1. The van der Waals surface area contributed by atoms with Crippen molar-refractivity contribution in [2.75, 3.05) is 11.9 Å². The molecule has 1 aliphatic carbocycles. The number of ether oxygens (including phenoxy) is 1. The van der Waals surface area contributed by atoms with Gasteiger partial charge in [0.25, 0.3) is 11.5 Å². The van der Waals surface area contributed by atoms with Gasteiger partial charge >= 0.3 is 0 Å². The van der Waals surface area contributed by atoms with Gasteiger partial charge in [0.2, 0.25) is 0 Å². The van der Waals surface area contributed by atoms with E-state index >= 15 is 0 Å². The van der Waals surface area contributed by atoms with Gasteiger partial charge in [0, 0.05) is 47.2 Å². The number of rotatable bonds is 8. The second kappa shape index (κ2) is 11.8. The Balaban J connectivity index is 1.07. The molecule has 2 aliphatic rings. The fraction of sp³-hybridized carbons (Fsp3) is 0.333. The van der Waals surface area contributed by atoms with Gasteiger partial charge in [-0.25, -0.2) is 4.98 Å². The van der Waals surface area contributed by atoms with Crippen LogP contribution in [0.4, 0.5) is 5.82 Å². The summed E-state index contributed by atoms with van der Waals surface area (Å²) in [6.07, 6.45) is 5.85. The third-order valence-corrected chi connectivity index (χ3v) is 8.63. The fourth-order valence-electron chi connectivity index (χ4n) is 5.48. The average Bonchev–Trinajstić information content (AvgIpc) is 2.98. The minimum absolute atomic E-state index is 0.0258. The first-order valence-corrected chi connectivity index (χ1v) is 14.5. The highest BCUT2D eigenvalue weighted by Gasteiger charge is 2.26. The van der Waals surface area contributed by atoms with E-state index in [-0.39, 0.29) is 24.1 Å². The summed E-state index contributed by atoms with van der Waals surface area (Å²) in [6, 6.07) is 19.6. The Morgan fingerprint density at radius 1 is 1.05 bits per heavy atom. The highest BCUT2D eigenvalue weighted by atomic mass is 32.2. The number of anilines is 1. The fourth-order valence-corrected chi connectivity index (χ4v) is 6.32. The van der Waals surface area contributed by atoms with Crippen LogP contribution >= 0.6 is 11.8 Å². The van der Waals surface area contributed by atoms with Crippen LogP contribution in [0.25, 0.3) is 11.0 Å². The molecule has 6 rings (SSSR count). The molecule has 9 nitrogen and oxygen atoms in total. The summed E-state index contributed by atoms with van der Waals surface area (Å²) >= 11 is 1.63. The van der Waals surface area contributed by atoms with Gasteiger partial charge in [-0.05, 0) is 68.0 Å². The zero-order valence-electron chi connectivity index (χ0n) is 22.1. The Bertz CT molecular complexity index is 1570. The molecule has 1 fully saturated rings. The summed E-state index contributed by atoms with van der Waals surface area (Å²) in [6.45, 7) is 1.11. The van der Waals surface area contributed by atoms with Crippen LogP contribution in [0.2, 0.25) is 0 Å². The zero-order chi connectivity index (χ0) is 27.5. The van der Waals surface area contributed by atoms with E-state index in [4.69, 9.17) is 10.5 Å². The lowest BCUT2D eigenvalue weighted by Gasteiger charge is -2.33. The summed E-state index contributed by atoms with van der Waals surface area (Å²) in [5, 5.41) is 6.36. The number of amides is 1. The van der Waals surface area contributed by atoms with E-state index in [0.29, 0.717) is 36.6 Å². The molecule has 1 atom stereocenters. The lowest BCUT2D eigenvalue weighted by molar-refractivity contribution is -0.118. The molecule has 0 spiro atoms. The first-order valence-electron chi connectivity index (χ1n) is 13.7. The number of hydrogen-bond donors (Lipinski definition) is 3. The minimum Gasteiger partial charge on any atom is -0.480 e.